The Bertz CT molecular complexity index is 416. The average molecular weight is 263 g/mol. The van der Waals surface area contributed by atoms with E-state index in [9.17, 15) is 5.11 Å². The van der Waals surface area contributed by atoms with Crippen molar-refractivity contribution in [1.29, 1.82) is 0 Å². The van der Waals surface area contributed by atoms with Gasteiger partial charge in [-0.05, 0) is 25.7 Å². The Morgan fingerprint density at radius 2 is 2.16 bits per heavy atom. The fourth-order valence-electron chi connectivity index (χ4n) is 2.47. The summed E-state index contributed by atoms with van der Waals surface area (Å²) in [6.07, 6.45) is 5.90. The predicted octanol–water partition coefficient (Wildman–Crippen LogP) is 2.72. The van der Waals surface area contributed by atoms with Crippen LogP contribution in [0.4, 0.5) is 5.69 Å². The largest absolute Gasteiger partial charge is 0.390 e. The molecule has 1 aromatic rings. The van der Waals surface area contributed by atoms with Crippen LogP contribution in [0.3, 0.4) is 0 Å². The monoisotopic (exact) mass is 263 g/mol. The molecule has 1 N–H and O–H groups in total. The van der Waals surface area contributed by atoms with E-state index >= 15 is 0 Å². The van der Waals surface area contributed by atoms with Crippen molar-refractivity contribution < 1.29 is 5.11 Å². The first-order valence-corrected chi connectivity index (χ1v) is 7.37. The maximum absolute atomic E-state index is 9.56. The van der Waals surface area contributed by atoms with E-state index in [0.29, 0.717) is 5.92 Å². The molecule has 0 unspecified atom stereocenters. The van der Waals surface area contributed by atoms with Crippen molar-refractivity contribution >= 4 is 5.69 Å². The molecule has 1 fully saturated rings. The molecule has 0 bridgehead atoms. The summed E-state index contributed by atoms with van der Waals surface area (Å²) >= 11 is 0. The zero-order chi connectivity index (χ0) is 13.8. The molecule has 0 spiro atoms. The van der Waals surface area contributed by atoms with Crippen LogP contribution in [0, 0.1) is 5.92 Å². The molecular formula is C15H25N3O. The highest BCUT2D eigenvalue weighted by Gasteiger charge is 2.22. The quantitative estimate of drug-likeness (QED) is 0.857. The van der Waals surface area contributed by atoms with Gasteiger partial charge < -0.3 is 10.0 Å². The van der Waals surface area contributed by atoms with E-state index in [-0.39, 0.29) is 6.61 Å². The van der Waals surface area contributed by atoms with Gasteiger partial charge in [-0.15, -0.1) is 0 Å². The third-order valence-electron chi connectivity index (χ3n) is 3.96. The Hall–Kier alpha value is -1.16. The van der Waals surface area contributed by atoms with Crippen LogP contribution in [0.15, 0.2) is 6.20 Å². The minimum Gasteiger partial charge on any atom is -0.390 e. The first-order chi connectivity index (χ1) is 9.15. The summed E-state index contributed by atoms with van der Waals surface area (Å²) in [4.78, 5) is 11.3. The van der Waals surface area contributed by atoms with Crippen LogP contribution in [0.2, 0.25) is 0 Å². The molecule has 4 heteroatoms. The molecule has 4 nitrogen and oxygen atoms in total. The standard InChI is InChI=1S/C15H25N3O/c1-4-18(9-12-6-5-7-12)14-8-16-15(11(2)3)17-13(14)10-19/h8,11-12,19H,4-7,9-10H2,1-3H3. The lowest BCUT2D eigenvalue weighted by atomic mass is 9.85. The highest BCUT2D eigenvalue weighted by atomic mass is 16.3. The van der Waals surface area contributed by atoms with Crippen LogP contribution in [0.5, 0.6) is 0 Å². The lowest BCUT2D eigenvalue weighted by Crippen LogP contribution is -2.33. The van der Waals surface area contributed by atoms with Crippen molar-refractivity contribution in [1.82, 2.24) is 9.97 Å². The Morgan fingerprint density at radius 3 is 2.63 bits per heavy atom. The zero-order valence-corrected chi connectivity index (χ0v) is 12.3. The summed E-state index contributed by atoms with van der Waals surface area (Å²) in [6.45, 7) is 8.28. The Kier molecular flexibility index (Phi) is 4.75. The molecular weight excluding hydrogens is 238 g/mol. The number of aromatic nitrogens is 2. The number of aliphatic hydroxyl groups excluding tert-OH is 1. The van der Waals surface area contributed by atoms with Crippen molar-refractivity contribution in [2.45, 2.75) is 52.6 Å². The van der Waals surface area contributed by atoms with E-state index < -0.39 is 0 Å². The Balaban J connectivity index is 2.20. The molecule has 1 saturated carbocycles. The highest BCUT2D eigenvalue weighted by molar-refractivity contribution is 5.49. The smallest absolute Gasteiger partial charge is 0.131 e. The van der Waals surface area contributed by atoms with Gasteiger partial charge in [0.1, 0.15) is 5.82 Å². The third-order valence-corrected chi connectivity index (χ3v) is 3.96. The van der Waals surface area contributed by atoms with E-state index in [4.69, 9.17) is 0 Å². The molecule has 19 heavy (non-hydrogen) atoms. The van der Waals surface area contributed by atoms with Crippen molar-refractivity contribution in [2.24, 2.45) is 5.92 Å². The van der Waals surface area contributed by atoms with Gasteiger partial charge in [0.05, 0.1) is 24.2 Å². The summed E-state index contributed by atoms with van der Waals surface area (Å²) in [5.74, 6) is 1.91. The molecule has 1 aliphatic carbocycles. The molecule has 0 aliphatic heterocycles. The normalized spacial score (nSPS) is 15.6. The second-order valence-corrected chi connectivity index (χ2v) is 5.71. The van der Waals surface area contributed by atoms with Crippen LogP contribution < -0.4 is 4.90 Å². The topological polar surface area (TPSA) is 49.2 Å². The summed E-state index contributed by atoms with van der Waals surface area (Å²) in [6, 6.07) is 0. The van der Waals surface area contributed by atoms with Crippen LogP contribution in [-0.2, 0) is 6.61 Å². The van der Waals surface area contributed by atoms with Gasteiger partial charge in [-0.2, -0.15) is 0 Å². The maximum Gasteiger partial charge on any atom is 0.131 e. The van der Waals surface area contributed by atoms with Gasteiger partial charge in [0, 0.05) is 19.0 Å². The van der Waals surface area contributed by atoms with Gasteiger partial charge in [-0.3, -0.25) is 0 Å². The van der Waals surface area contributed by atoms with Gasteiger partial charge in [0.2, 0.25) is 0 Å². The van der Waals surface area contributed by atoms with Crippen LogP contribution >= 0.6 is 0 Å². The van der Waals surface area contributed by atoms with Crippen molar-refractivity contribution in [3.63, 3.8) is 0 Å². The molecule has 1 aromatic heterocycles. The Labute approximate surface area is 115 Å². The van der Waals surface area contributed by atoms with Gasteiger partial charge in [-0.25, -0.2) is 9.97 Å². The van der Waals surface area contributed by atoms with Gasteiger partial charge in [-0.1, -0.05) is 20.3 Å². The van der Waals surface area contributed by atoms with Crippen molar-refractivity contribution in [3.05, 3.63) is 17.7 Å². The van der Waals surface area contributed by atoms with Gasteiger partial charge >= 0.3 is 0 Å². The highest BCUT2D eigenvalue weighted by Crippen LogP contribution is 2.29. The fourth-order valence-corrected chi connectivity index (χ4v) is 2.47. The summed E-state index contributed by atoms with van der Waals surface area (Å²) in [5.41, 5.74) is 1.76. The SMILES string of the molecule is CCN(CC1CCC1)c1cnc(C(C)C)nc1CO. The maximum atomic E-state index is 9.56. The first-order valence-electron chi connectivity index (χ1n) is 7.37. The van der Waals surface area contributed by atoms with E-state index in [1.165, 1.54) is 19.3 Å². The first kappa shape index (κ1) is 14.3. The van der Waals surface area contributed by atoms with E-state index in [1.807, 2.05) is 6.20 Å². The lowest BCUT2D eigenvalue weighted by molar-refractivity contribution is 0.275. The molecule has 2 rings (SSSR count). The molecule has 1 heterocycles. The van der Waals surface area contributed by atoms with Gasteiger partial charge in [0.15, 0.2) is 0 Å². The molecule has 0 amide bonds. The second-order valence-electron chi connectivity index (χ2n) is 5.71. The second kappa shape index (κ2) is 6.33. The molecule has 0 radical (unpaired) electrons. The molecule has 1 aliphatic rings. The summed E-state index contributed by atoms with van der Waals surface area (Å²) < 4.78 is 0. The predicted molar refractivity (Wildman–Crippen MR) is 77.3 cm³/mol. The number of anilines is 1. The van der Waals surface area contributed by atoms with Crippen LogP contribution in [0.1, 0.15) is 57.5 Å². The van der Waals surface area contributed by atoms with Crippen molar-refractivity contribution in [2.75, 3.05) is 18.0 Å². The number of rotatable bonds is 6. The summed E-state index contributed by atoms with van der Waals surface area (Å²) in [7, 11) is 0. The fraction of sp³-hybridized carbons (Fsp3) is 0.733. The number of hydrogen-bond donors (Lipinski definition) is 1. The third kappa shape index (κ3) is 3.24. The van der Waals surface area contributed by atoms with Crippen LogP contribution in [-0.4, -0.2) is 28.2 Å². The van der Waals surface area contributed by atoms with Gasteiger partial charge in [0.25, 0.3) is 0 Å². The van der Waals surface area contributed by atoms with E-state index in [1.54, 1.807) is 0 Å². The number of hydrogen-bond acceptors (Lipinski definition) is 4. The molecule has 0 aromatic carbocycles. The minimum absolute atomic E-state index is 0.0151. The molecule has 106 valence electrons. The zero-order valence-electron chi connectivity index (χ0n) is 12.3. The van der Waals surface area contributed by atoms with E-state index in [0.717, 1.165) is 36.2 Å². The van der Waals surface area contributed by atoms with Crippen molar-refractivity contribution in [3.8, 4) is 0 Å². The number of aliphatic hydroxyl groups is 1. The molecule has 0 saturated heterocycles. The average Bonchev–Trinajstić information content (AvgIpc) is 2.37. The van der Waals surface area contributed by atoms with Crippen LogP contribution in [0.25, 0.3) is 0 Å². The minimum atomic E-state index is -0.0151. The summed E-state index contributed by atoms with van der Waals surface area (Å²) in [5, 5.41) is 9.56. The molecule has 0 atom stereocenters. The lowest BCUT2D eigenvalue weighted by Gasteiger charge is -2.33. The Morgan fingerprint density at radius 1 is 1.42 bits per heavy atom. The van der Waals surface area contributed by atoms with E-state index in [2.05, 4.69) is 35.6 Å². The number of nitrogens with zero attached hydrogens (tertiary/aromatic N) is 3.